The van der Waals surface area contributed by atoms with Crippen LogP contribution in [0.2, 0.25) is 0 Å². The molecule has 90 valence electrons. The van der Waals surface area contributed by atoms with Gasteiger partial charge in [0.25, 0.3) is 0 Å². The summed E-state index contributed by atoms with van der Waals surface area (Å²) in [5.41, 5.74) is 1.56. The number of fused-ring (bicyclic) bond motifs is 1. The zero-order chi connectivity index (χ0) is 11.4. The second kappa shape index (κ2) is 5.80. The summed E-state index contributed by atoms with van der Waals surface area (Å²) in [7, 11) is 0. The highest BCUT2D eigenvalue weighted by Gasteiger charge is 2.18. The third kappa shape index (κ3) is 3.06. The van der Waals surface area contributed by atoms with Gasteiger partial charge >= 0.3 is 0 Å². The molecule has 2 heterocycles. The van der Waals surface area contributed by atoms with E-state index in [0.29, 0.717) is 0 Å². The average Bonchev–Trinajstić information content (AvgIpc) is 2.73. The Morgan fingerprint density at radius 3 is 3.25 bits per heavy atom. The van der Waals surface area contributed by atoms with Gasteiger partial charge < -0.3 is 5.32 Å². The molecule has 0 saturated carbocycles. The van der Waals surface area contributed by atoms with Crippen LogP contribution in [0.15, 0.2) is 11.4 Å². The number of nitrogens with one attached hydrogen (secondary N) is 1. The Bertz CT molecular complexity index is 321. The topological polar surface area (TPSA) is 15.3 Å². The largest absolute Gasteiger partial charge is 0.317 e. The van der Waals surface area contributed by atoms with Gasteiger partial charge in [-0.2, -0.15) is 0 Å². The number of hydrogen-bond donors (Lipinski definition) is 1. The van der Waals surface area contributed by atoms with E-state index < -0.39 is 0 Å². The highest BCUT2D eigenvalue weighted by atomic mass is 32.1. The molecule has 1 N–H and O–H groups in total. The Balaban J connectivity index is 1.80. The average molecular weight is 238 g/mol. The lowest BCUT2D eigenvalue weighted by molar-refractivity contribution is 0.219. The second-order valence-electron chi connectivity index (χ2n) is 4.77. The van der Waals surface area contributed by atoms with Gasteiger partial charge in [-0.1, -0.05) is 13.8 Å². The lowest BCUT2D eigenvalue weighted by atomic mass is 10.1. The lowest BCUT2D eigenvalue weighted by Crippen LogP contribution is -2.36. The van der Waals surface area contributed by atoms with Crippen LogP contribution in [0, 0.1) is 5.92 Å². The summed E-state index contributed by atoms with van der Waals surface area (Å²) in [4.78, 5) is 4.20. The van der Waals surface area contributed by atoms with Crippen LogP contribution in [0.5, 0.6) is 0 Å². The first-order valence-electron chi connectivity index (χ1n) is 6.28. The van der Waals surface area contributed by atoms with Crippen molar-refractivity contribution in [3.8, 4) is 0 Å². The van der Waals surface area contributed by atoms with E-state index in [1.54, 1.807) is 10.4 Å². The number of hydrogen-bond acceptors (Lipinski definition) is 3. The Morgan fingerprint density at radius 2 is 2.44 bits per heavy atom. The molecule has 1 atom stereocenters. The smallest absolute Gasteiger partial charge is 0.0245 e. The van der Waals surface area contributed by atoms with Gasteiger partial charge in [-0.05, 0) is 42.4 Å². The van der Waals surface area contributed by atoms with Crippen molar-refractivity contribution in [2.45, 2.75) is 26.8 Å². The van der Waals surface area contributed by atoms with Crippen LogP contribution in [-0.2, 0) is 13.0 Å². The third-order valence-corrected chi connectivity index (χ3v) is 4.22. The van der Waals surface area contributed by atoms with E-state index in [9.17, 15) is 0 Å². The van der Waals surface area contributed by atoms with Gasteiger partial charge in [0.2, 0.25) is 0 Å². The summed E-state index contributed by atoms with van der Waals surface area (Å²) in [5, 5.41) is 5.66. The molecule has 0 amide bonds. The van der Waals surface area contributed by atoms with Gasteiger partial charge in [0.05, 0.1) is 0 Å². The fourth-order valence-electron chi connectivity index (χ4n) is 2.36. The Hall–Kier alpha value is -0.380. The molecule has 3 heteroatoms. The molecule has 0 saturated heterocycles. The number of thiophene rings is 1. The molecule has 0 spiro atoms. The summed E-state index contributed by atoms with van der Waals surface area (Å²) in [6, 6.07) is 2.29. The molecule has 1 aromatic heterocycles. The normalized spacial score (nSPS) is 18.4. The fourth-order valence-corrected chi connectivity index (χ4v) is 3.25. The van der Waals surface area contributed by atoms with E-state index in [0.717, 1.165) is 25.6 Å². The first-order valence-corrected chi connectivity index (χ1v) is 7.16. The van der Waals surface area contributed by atoms with Crippen LogP contribution in [0.3, 0.4) is 0 Å². The van der Waals surface area contributed by atoms with Crippen LogP contribution in [0.25, 0.3) is 0 Å². The lowest BCUT2D eigenvalue weighted by Gasteiger charge is -2.29. The molecule has 16 heavy (non-hydrogen) atoms. The van der Waals surface area contributed by atoms with Crippen LogP contribution in [-0.4, -0.2) is 31.1 Å². The van der Waals surface area contributed by atoms with Gasteiger partial charge in [0.1, 0.15) is 0 Å². The van der Waals surface area contributed by atoms with Crippen molar-refractivity contribution in [1.29, 1.82) is 0 Å². The van der Waals surface area contributed by atoms with Crippen molar-refractivity contribution in [2.24, 2.45) is 5.92 Å². The van der Waals surface area contributed by atoms with Gasteiger partial charge in [-0.3, -0.25) is 4.90 Å². The molecule has 1 aliphatic heterocycles. The molecule has 0 aliphatic carbocycles. The summed E-state index contributed by atoms with van der Waals surface area (Å²) in [6.45, 7) is 10.4. The molecule has 0 aromatic carbocycles. The minimum absolute atomic E-state index is 0.750. The van der Waals surface area contributed by atoms with Crippen molar-refractivity contribution in [1.82, 2.24) is 10.2 Å². The minimum atomic E-state index is 0.750. The molecule has 0 fully saturated rings. The van der Waals surface area contributed by atoms with Crippen molar-refractivity contribution < 1.29 is 0 Å². The molecule has 0 bridgehead atoms. The fraction of sp³-hybridized carbons (Fsp3) is 0.692. The maximum Gasteiger partial charge on any atom is 0.0245 e. The van der Waals surface area contributed by atoms with Crippen LogP contribution >= 0.6 is 11.3 Å². The standard InChI is InChI=1S/C13H22N2S/c1-3-14-8-11(2)9-15-6-4-13-12(10-15)5-7-16-13/h5,7,11,14H,3-4,6,8-10H2,1-2H3. The Morgan fingerprint density at radius 1 is 1.56 bits per heavy atom. The predicted molar refractivity (Wildman–Crippen MR) is 71.0 cm³/mol. The summed E-state index contributed by atoms with van der Waals surface area (Å²) in [6.07, 6.45) is 1.25. The number of nitrogens with zero attached hydrogens (tertiary/aromatic N) is 1. The highest BCUT2D eigenvalue weighted by Crippen LogP contribution is 2.24. The van der Waals surface area contributed by atoms with Gasteiger partial charge in [0, 0.05) is 24.5 Å². The van der Waals surface area contributed by atoms with Gasteiger partial charge in [-0.15, -0.1) is 11.3 Å². The van der Waals surface area contributed by atoms with E-state index in [1.165, 1.54) is 19.5 Å². The van der Waals surface area contributed by atoms with E-state index in [2.05, 4.69) is 35.5 Å². The zero-order valence-corrected chi connectivity index (χ0v) is 11.1. The van der Waals surface area contributed by atoms with E-state index in [4.69, 9.17) is 0 Å². The van der Waals surface area contributed by atoms with Gasteiger partial charge in [0.15, 0.2) is 0 Å². The number of rotatable bonds is 5. The maximum atomic E-state index is 3.43. The van der Waals surface area contributed by atoms with Crippen LogP contribution in [0.1, 0.15) is 24.3 Å². The maximum absolute atomic E-state index is 3.43. The third-order valence-electron chi connectivity index (χ3n) is 3.20. The van der Waals surface area contributed by atoms with Crippen LogP contribution < -0.4 is 5.32 Å². The summed E-state index contributed by atoms with van der Waals surface area (Å²) >= 11 is 1.92. The Labute approximate surface area is 103 Å². The second-order valence-corrected chi connectivity index (χ2v) is 5.77. The summed E-state index contributed by atoms with van der Waals surface area (Å²) in [5.74, 6) is 0.750. The molecule has 1 unspecified atom stereocenters. The molecular weight excluding hydrogens is 216 g/mol. The van der Waals surface area contributed by atoms with E-state index in [1.807, 2.05) is 11.3 Å². The highest BCUT2D eigenvalue weighted by molar-refractivity contribution is 7.10. The minimum Gasteiger partial charge on any atom is -0.317 e. The molecular formula is C13H22N2S. The van der Waals surface area contributed by atoms with E-state index in [-0.39, 0.29) is 0 Å². The monoisotopic (exact) mass is 238 g/mol. The van der Waals surface area contributed by atoms with Crippen LogP contribution in [0.4, 0.5) is 0 Å². The molecule has 2 rings (SSSR count). The van der Waals surface area contributed by atoms with Gasteiger partial charge in [-0.25, -0.2) is 0 Å². The SMILES string of the molecule is CCNCC(C)CN1CCc2sccc2C1. The zero-order valence-electron chi connectivity index (χ0n) is 10.3. The van der Waals surface area contributed by atoms with E-state index >= 15 is 0 Å². The first kappa shape index (κ1) is 12.1. The molecule has 1 aromatic rings. The Kier molecular flexibility index (Phi) is 4.38. The van der Waals surface area contributed by atoms with Crippen molar-refractivity contribution in [2.75, 3.05) is 26.2 Å². The molecule has 2 nitrogen and oxygen atoms in total. The van der Waals surface area contributed by atoms with Crippen molar-refractivity contribution >= 4 is 11.3 Å². The quantitative estimate of drug-likeness (QED) is 0.847. The van der Waals surface area contributed by atoms with Crippen molar-refractivity contribution in [3.63, 3.8) is 0 Å². The van der Waals surface area contributed by atoms with Crippen molar-refractivity contribution in [3.05, 3.63) is 21.9 Å². The summed E-state index contributed by atoms with van der Waals surface area (Å²) < 4.78 is 0. The first-order chi connectivity index (χ1) is 7.79. The molecule has 1 aliphatic rings. The predicted octanol–water partition coefficient (Wildman–Crippen LogP) is 2.35. The molecule has 0 radical (unpaired) electrons.